The molecule has 0 fully saturated rings. The summed E-state index contributed by atoms with van der Waals surface area (Å²) in [7, 11) is 0. The second-order valence-corrected chi connectivity index (χ2v) is 5.83. The van der Waals surface area contributed by atoms with E-state index in [4.69, 9.17) is 5.73 Å². The summed E-state index contributed by atoms with van der Waals surface area (Å²) in [4.78, 5) is 23.8. The van der Waals surface area contributed by atoms with Crippen molar-refractivity contribution in [2.45, 2.75) is 6.92 Å². The first kappa shape index (κ1) is 13.6. The Kier molecular flexibility index (Phi) is 3.35. The molecule has 21 heavy (non-hydrogen) atoms. The Morgan fingerprint density at radius 1 is 1.14 bits per heavy atom. The second-order valence-electron chi connectivity index (χ2n) is 4.75. The number of primary amides is 1. The topological polar surface area (TPSA) is 72.2 Å². The highest BCUT2D eigenvalue weighted by Gasteiger charge is 2.09. The molecule has 2 aromatic carbocycles. The highest BCUT2D eigenvalue weighted by molar-refractivity contribution is 7.24. The Morgan fingerprint density at radius 3 is 2.67 bits per heavy atom. The first-order valence-corrected chi connectivity index (χ1v) is 7.46. The molecule has 0 atom stereocenters. The van der Waals surface area contributed by atoms with Crippen molar-refractivity contribution >= 4 is 43.1 Å². The summed E-state index contributed by atoms with van der Waals surface area (Å²) in [6.45, 7) is 2.81. The molecule has 0 saturated heterocycles. The number of fused-ring (bicyclic) bond motifs is 2. The molecule has 0 radical (unpaired) electrons. The SMILES string of the molecule is CCNc1ccc2sc3cc(C(N)=O)ccc3c(=O)c2c1. The molecule has 0 bridgehead atoms. The van der Waals surface area contributed by atoms with Crippen LogP contribution < -0.4 is 16.5 Å². The first-order chi connectivity index (χ1) is 10.1. The molecule has 1 aromatic heterocycles. The average Bonchev–Trinajstić information content (AvgIpc) is 2.48. The van der Waals surface area contributed by atoms with Gasteiger partial charge in [0.25, 0.3) is 0 Å². The molecule has 3 aromatic rings. The van der Waals surface area contributed by atoms with E-state index in [1.165, 1.54) is 11.3 Å². The van der Waals surface area contributed by atoms with E-state index in [0.29, 0.717) is 16.3 Å². The number of carbonyl (C=O) groups is 1. The Bertz CT molecular complexity index is 915. The van der Waals surface area contributed by atoms with Crippen molar-refractivity contribution in [3.05, 3.63) is 52.2 Å². The minimum atomic E-state index is -0.487. The van der Waals surface area contributed by atoms with Crippen molar-refractivity contribution in [2.24, 2.45) is 5.73 Å². The normalized spacial score (nSPS) is 10.9. The number of anilines is 1. The number of hydrogen-bond donors (Lipinski definition) is 2. The smallest absolute Gasteiger partial charge is 0.248 e. The molecule has 0 aliphatic heterocycles. The zero-order valence-corrected chi connectivity index (χ0v) is 12.3. The largest absolute Gasteiger partial charge is 0.385 e. The molecule has 106 valence electrons. The van der Waals surface area contributed by atoms with Crippen LogP contribution in [0.25, 0.3) is 20.2 Å². The van der Waals surface area contributed by atoms with E-state index in [9.17, 15) is 9.59 Å². The fourth-order valence-corrected chi connectivity index (χ4v) is 3.41. The molecular formula is C16H14N2O2S. The van der Waals surface area contributed by atoms with Crippen LogP contribution in [0.5, 0.6) is 0 Å². The van der Waals surface area contributed by atoms with Crippen LogP contribution in [0, 0.1) is 0 Å². The van der Waals surface area contributed by atoms with Gasteiger partial charge in [0.2, 0.25) is 5.91 Å². The summed E-state index contributed by atoms with van der Waals surface area (Å²) in [5, 5.41) is 4.51. The van der Waals surface area contributed by atoms with Gasteiger partial charge in [-0.05, 0) is 43.3 Å². The number of rotatable bonds is 3. The summed E-state index contributed by atoms with van der Waals surface area (Å²) in [6, 6.07) is 10.7. The highest BCUT2D eigenvalue weighted by Crippen LogP contribution is 2.27. The van der Waals surface area contributed by atoms with E-state index in [1.54, 1.807) is 18.2 Å². The van der Waals surface area contributed by atoms with Crippen molar-refractivity contribution in [1.82, 2.24) is 0 Å². The molecule has 0 spiro atoms. The Labute approximate surface area is 125 Å². The van der Waals surface area contributed by atoms with Gasteiger partial charge in [0.05, 0.1) is 0 Å². The van der Waals surface area contributed by atoms with Crippen LogP contribution in [-0.4, -0.2) is 12.5 Å². The fourth-order valence-electron chi connectivity index (χ4n) is 2.32. The number of nitrogens with one attached hydrogen (secondary N) is 1. The Hall–Kier alpha value is -2.40. The van der Waals surface area contributed by atoms with Gasteiger partial charge in [-0.15, -0.1) is 11.3 Å². The molecule has 0 aliphatic carbocycles. The summed E-state index contributed by atoms with van der Waals surface area (Å²) >= 11 is 1.49. The van der Waals surface area contributed by atoms with Gasteiger partial charge in [0.1, 0.15) is 0 Å². The lowest BCUT2D eigenvalue weighted by Crippen LogP contribution is -2.11. The van der Waals surface area contributed by atoms with E-state index < -0.39 is 5.91 Å². The number of nitrogens with two attached hydrogens (primary N) is 1. The fraction of sp³-hybridized carbons (Fsp3) is 0.125. The maximum atomic E-state index is 12.6. The van der Waals surface area contributed by atoms with Crippen LogP contribution in [-0.2, 0) is 0 Å². The lowest BCUT2D eigenvalue weighted by atomic mass is 10.1. The van der Waals surface area contributed by atoms with Crippen molar-refractivity contribution in [3.8, 4) is 0 Å². The van der Waals surface area contributed by atoms with Gasteiger partial charge in [-0.25, -0.2) is 0 Å². The van der Waals surface area contributed by atoms with Crippen molar-refractivity contribution in [3.63, 3.8) is 0 Å². The number of amides is 1. The lowest BCUT2D eigenvalue weighted by Gasteiger charge is -2.06. The third-order valence-electron chi connectivity index (χ3n) is 3.34. The monoisotopic (exact) mass is 298 g/mol. The third-order valence-corrected chi connectivity index (χ3v) is 4.47. The summed E-state index contributed by atoms with van der Waals surface area (Å²) in [6.07, 6.45) is 0. The number of benzene rings is 2. The highest BCUT2D eigenvalue weighted by atomic mass is 32.1. The summed E-state index contributed by atoms with van der Waals surface area (Å²) in [5.74, 6) is -0.487. The van der Waals surface area contributed by atoms with E-state index in [2.05, 4.69) is 5.32 Å². The van der Waals surface area contributed by atoms with E-state index in [1.807, 2.05) is 25.1 Å². The molecule has 0 saturated carbocycles. The number of carbonyl (C=O) groups excluding carboxylic acids is 1. The zero-order valence-electron chi connectivity index (χ0n) is 11.5. The molecule has 1 amide bonds. The average molecular weight is 298 g/mol. The van der Waals surface area contributed by atoms with Crippen molar-refractivity contribution in [1.29, 1.82) is 0 Å². The van der Waals surface area contributed by atoms with Gasteiger partial charge >= 0.3 is 0 Å². The van der Waals surface area contributed by atoms with Crippen LogP contribution in [0.1, 0.15) is 17.3 Å². The van der Waals surface area contributed by atoms with Crippen molar-refractivity contribution in [2.75, 3.05) is 11.9 Å². The van der Waals surface area contributed by atoms with Gasteiger partial charge in [-0.2, -0.15) is 0 Å². The van der Waals surface area contributed by atoms with Gasteiger partial charge in [-0.1, -0.05) is 0 Å². The molecule has 5 heteroatoms. The van der Waals surface area contributed by atoms with Crippen LogP contribution in [0.4, 0.5) is 5.69 Å². The predicted octanol–water partition coefficient (Wildman–Crippen LogP) is 2.95. The standard InChI is InChI=1S/C16H14N2O2S/c1-2-18-10-4-6-13-12(8-10)15(19)11-5-3-9(16(17)20)7-14(11)21-13/h3-8,18H,2H2,1H3,(H2,17,20). The molecule has 0 unspecified atom stereocenters. The minimum Gasteiger partial charge on any atom is -0.385 e. The molecule has 0 aliphatic rings. The Balaban J connectivity index is 2.32. The van der Waals surface area contributed by atoms with Crippen LogP contribution >= 0.6 is 11.3 Å². The molecule has 3 rings (SSSR count). The lowest BCUT2D eigenvalue weighted by molar-refractivity contribution is 0.100. The van der Waals surface area contributed by atoms with Crippen molar-refractivity contribution < 1.29 is 4.79 Å². The number of hydrogen-bond acceptors (Lipinski definition) is 4. The van der Waals surface area contributed by atoms with Gasteiger partial charge in [0, 0.05) is 38.0 Å². The minimum absolute atomic E-state index is 0.0190. The van der Waals surface area contributed by atoms with E-state index in [0.717, 1.165) is 21.6 Å². The van der Waals surface area contributed by atoms with Gasteiger partial charge in [0.15, 0.2) is 5.43 Å². The summed E-state index contributed by atoms with van der Waals surface area (Å²) in [5.41, 5.74) is 6.62. The Morgan fingerprint density at radius 2 is 1.95 bits per heavy atom. The van der Waals surface area contributed by atoms with Crippen LogP contribution in [0.2, 0.25) is 0 Å². The summed E-state index contributed by atoms with van der Waals surface area (Å²) < 4.78 is 1.68. The van der Waals surface area contributed by atoms with E-state index in [-0.39, 0.29) is 5.43 Å². The molecule has 1 heterocycles. The maximum absolute atomic E-state index is 12.6. The zero-order chi connectivity index (χ0) is 15.0. The first-order valence-electron chi connectivity index (χ1n) is 6.64. The third kappa shape index (κ3) is 2.36. The second kappa shape index (κ2) is 5.18. The molecule has 3 N–H and O–H groups in total. The quantitative estimate of drug-likeness (QED) is 0.730. The molecular weight excluding hydrogens is 284 g/mol. The van der Waals surface area contributed by atoms with Crippen LogP contribution in [0.15, 0.2) is 41.2 Å². The van der Waals surface area contributed by atoms with E-state index >= 15 is 0 Å². The molecule has 4 nitrogen and oxygen atoms in total. The van der Waals surface area contributed by atoms with Gasteiger partial charge in [-0.3, -0.25) is 9.59 Å². The van der Waals surface area contributed by atoms with Gasteiger partial charge < -0.3 is 11.1 Å². The predicted molar refractivity (Wildman–Crippen MR) is 88.3 cm³/mol. The van der Waals surface area contributed by atoms with Crippen LogP contribution in [0.3, 0.4) is 0 Å². The maximum Gasteiger partial charge on any atom is 0.248 e.